The van der Waals surface area contributed by atoms with E-state index in [1.807, 2.05) is 39.0 Å². The summed E-state index contributed by atoms with van der Waals surface area (Å²) < 4.78 is 10.2. The van der Waals surface area contributed by atoms with Crippen molar-refractivity contribution in [1.29, 1.82) is 0 Å². The molecule has 7 nitrogen and oxygen atoms in total. The fraction of sp³-hybridized carbons (Fsp3) is 0.318. The Kier molecular flexibility index (Phi) is 8.21. The first kappa shape index (κ1) is 21.9. The van der Waals surface area contributed by atoms with Crippen molar-refractivity contribution in [3.8, 4) is 5.75 Å². The van der Waals surface area contributed by atoms with Crippen LogP contribution in [0.15, 0.2) is 42.5 Å². The maximum atomic E-state index is 12.0. The van der Waals surface area contributed by atoms with E-state index in [1.54, 1.807) is 24.3 Å². The molecule has 0 unspecified atom stereocenters. The van der Waals surface area contributed by atoms with Gasteiger partial charge in [0.25, 0.3) is 5.91 Å². The number of rotatable bonds is 9. The minimum absolute atomic E-state index is 0.0212. The minimum atomic E-state index is -0.609. The molecule has 2 rings (SSSR count). The quantitative estimate of drug-likeness (QED) is 0.630. The van der Waals surface area contributed by atoms with Crippen molar-refractivity contribution in [2.45, 2.75) is 33.6 Å². The lowest BCUT2D eigenvalue weighted by Gasteiger charge is -2.09. The number of carbonyl (C=O) groups excluding carboxylic acids is 3. The lowest BCUT2D eigenvalue weighted by atomic mass is 10.1. The Morgan fingerprint density at radius 3 is 2.28 bits per heavy atom. The standard InChI is InChI=1S/C22H26N2O5/c1-4-28-18-8-6-17(7-9-18)23-21(26)14-29-22(27)12-11-20(25)24-19-10-5-15(2)13-16(19)3/h5-10,13H,4,11-12,14H2,1-3H3,(H,23,26)(H,24,25). The number of benzene rings is 2. The van der Waals surface area contributed by atoms with Gasteiger partial charge in [0.15, 0.2) is 6.61 Å². The molecule has 0 aliphatic carbocycles. The van der Waals surface area contributed by atoms with Crippen LogP contribution in [0, 0.1) is 13.8 Å². The zero-order chi connectivity index (χ0) is 21.2. The van der Waals surface area contributed by atoms with Crippen LogP contribution in [0.3, 0.4) is 0 Å². The van der Waals surface area contributed by atoms with Crippen molar-refractivity contribution in [1.82, 2.24) is 0 Å². The van der Waals surface area contributed by atoms with Crippen molar-refractivity contribution in [3.63, 3.8) is 0 Å². The van der Waals surface area contributed by atoms with Gasteiger partial charge in [-0.2, -0.15) is 0 Å². The summed E-state index contributed by atoms with van der Waals surface area (Å²) in [6.07, 6.45) is -0.125. The van der Waals surface area contributed by atoms with Crippen LogP contribution >= 0.6 is 0 Å². The van der Waals surface area contributed by atoms with E-state index in [4.69, 9.17) is 9.47 Å². The Hall–Kier alpha value is -3.35. The number of nitrogens with one attached hydrogen (secondary N) is 2. The Balaban J connectivity index is 1.69. The average molecular weight is 398 g/mol. The van der Waals surface area contributed by atoms with E-state index in [2.05, 4.69) is 10.6 Å². The second kappa shape index (κ2) is 10.8. The summed E-state index contributed by atoms with van der Waals surface area (Å²) in [6, 6.07) is 12.6. The summed E-state index contributed by atoms with van der Waals surface area (Å²) in [5.41, 5.74) is 3.34. The minimum Gasteiger partial charge on any atom is -0.494 e. The molecule has 0 atom stereocenters. The van der Waals surface area contributed by atoms with Crippen molar-refractivity contribution in [2.24, 2.45) is 0 Å². The number of ether oxygens (including phenoxy) is 2. The molecule has 0 saturated carbocycles. The SMILES string of the molecule is CCOc1ccc(NC(=O)COC(=O)CCC(=O)Nc2ccc(C)cc2C)cc1. The van der Waals surface area contributed by atoms with Crippen LogP contribution in [-0.2, 0) is 19.1 Å². The van der Waals surface area contributed by atoms with Gasteiger partial charge in [-0.15, -0.1) is 0 Å². The fourth-order valence-corrected chi connectivity index (χ4v) is 2.60. The van der Waals surface area contributed by atoms with Gasteiger partial charge in [0.05, 0.1) is 13.0 Å². The molecular formula is C22H26N2O5. The molecule has 0 heterocycles. The molecule has 0 aromatic heterocycles. The van der Waals surface area contributed by atoms with Gasteiger partial charge in [-0.3, -0.25) is 14.4 Å². The molecule has 0 aliphatic heterocycles. The van der Waals surface area contributed by atoms with Crippen LogP contribution in [-0.4, -0.2) is 31.0 Å². The molecule has 29 heavy (non-hydrogen) atoms. The zero-order valence-electron chi connectivity index (χ0n) is 16.9. The highest BCUT2D eigenvalue weighted by atomic mass is 16.5. The van der Waals surface area contributed by atoms with E-state index in [0.717, 1.165) is 11.1 Å². The average Bonchev–Trinajstić information content (AvgIpc) is 2.69. The number of esters is 1. The highest BCUT2D eigenvalue weighted by Crippen LogP contribution is 2.17. The van der Waals surface area contributed by atoms with Crippen LogP contribution in [0.1, 0.15) is 30.9 Å². The van der Waals surface area contributed by atoms with Crippen molar-refractivity contribution in [2.75, 3.05) is 23.8 Å². The third-order valence-electron chi connectivity index (χ3n) is 4.03. The molecule has 7 heteroatoms. The molecule has 0 aliphatic rings. The third kappa shape index (κ3) is 7.65. The van der Waals surface area contributed by atoms with Crippen LogP contribution in [0.25, 0.3) is 0 Å². The first-order valence-electron chi connectivity index (χ1n) is 9.43. The van der Waals surface area contributed by atoms with E-state index in [0.29, 0.717) is 23.7 Å². The van der Waals surface area contributed by atoms with Crippen LogP contribution in [0.5, 0.6) is 5.75 Å². The number of carbonyl (C=O) groups is 3. The van der Waals surface area contributed by atoms with E-state index in [9.17, 15) is 14.4 Å². The Labute approximate surface area is 170 Å². The number of anilines is 2. The van der Waals surface area contributed by atoms with E-state index in [1.165, 1.54) is 0 Å². The molecule has 0 spiro atoms. The molecule has 0 saturated heterocycles. The highest BCUT2D eigenvalue weighted by molar-refractivity contribution is 5.94. The van der Waals surface area contributed by atoms with Gasteiger partial charge in [-0.1, -0.05) is 17.7 Å². The summed E-state index contributed by atoms with van der Waals surface area (Å²) in [6.45, 7) is 5.91. The maximum absolute atomic E-state index is 12.0. The first-order chi connectivity index (χ1) is 13.9. The predicted molar refractivity (Wildman–Crippen MR) is 111 cm³/mol. The summed E-state index contributed by atoms with van der Waals surface area (Å²) in [7, 11) is 0. The topological polar surface area (TPSA) is 93.7 Å². The molecule has 0 fully saturated rings. The second-order valence-corrected chi connectivity index (χ2v) is 6.53. The van der Waals surface area contributed by atoms with Gasteiger partial charge in [0, 0.05) is 17.8 Å². The Morgan fingerprint density at radius 2 is 1.62 bits per heavy atom. The van der Waals surface area contributed by atoms with E-state index in [-0.39, 0.29) is 18.7 Å². The summed E-state index contributed by atoms with van der Waals surface area (Å²) in [5.74, 6) is -0.645. The molecule has 0 radical (unpaired) electrons. The molecule has 2 N–H and O–H groups in total. The zero-order valence-corrected chi connectivity index (χ0v) is 16.9. The third-order valence-corrected chi connectivity index (χ3v) is 4.03. The van der Waals surface area contributed by atoms with E-state index < -0.39 is 18.5 Å². The van der Waals surface area contributed by atoms with Gasteiger partial charge < -0.3 is 20.1 Å². The fourth-order valence-electron chi connectivity index (χ4n) is 2.60. The summed E-state index contributed by atoms with van der Waals surface area (Å²) in [5, 5.41) is 5.39. The molecule has 0 bridgehead atoms. The summed E-state index contributed by atoms with van der Waals surface area (Å²) in [4.78, 5) is 35.7. The predicted octanol–water partition coefficient (Wildman–Crippen LogP) is 3.60. The lowest BCUT2D eigenvalue weighted by molar-refractivity contribution is -0.147. The monoisotopic (exact) mass is 398 g/mol. The van der Waals surface area contributed by atoms with Crippen LogP contribution < -0.4 is 15.4 Å². The van der Waals surface area contributed by atoms with Crippen LogP contribution in [0.4, 0.5) is 11.4 Å². The Morgan fingerprint density at radius 1 is 0.897 bits per heavy atom. The molecule has 2 amide bonds. The molecule has 154 valence electrons. The first-order valence-corrected chi connectivity index (χ1v) is 9.43. The van der Waals surface area contributed by atoms with Crippen molar-refractivity contribution in [3.05, 3.63) is 53.6 Å². The number of hydrogen-bond donors (Lipinski definition) is 2. The maximum Gasteiger partial charge on any atom is 0.306 e. The second-order valence-electron chi connectivity index (χ2n) is 6.53. The van der Waals surface area contributed by atoms with Gasteiger partial charge in [-0.25, -0.2) is 0 Å². The van der Waals surface area contributed by atoms with Crippen molar-refractivity contribution < 1.29 is 23.9 Å². The normalized spacial score (nSPS) is 10.2. The number of aryl methyl sites for hydroxylation is 2. The smallest absolute Gasteiger partial charge is 0.306 e. The van der Waals surface area contributed by atoms with Gasteiger partial charge in [-0.05, 0) is 56.7 Å². The summed E-state index contributed by atoms with van der Waals surface area (Å²) >= 11 is 0. The number of amides is 2. The van der Waals surface area contributed by atoms with Crippen molar-refractivity contribution >= 4 is 29.2 Å². The van der Waals surface area contributed by atoms with Crippen LogP contribution in [0.2, 0.25) is 0 Å². The number of hydrogen-bond acceptors (Lipinski definition) is 5. The Bertz CT molecular complexity index is 862. The van der Waals surface area contributed by atoms with Gasteiger partial charge >= 0.3 is 5.97 Å². The molecule has 2 aromatic rings. The lowest BCUT2D eigenvalue weighted by Crippen LogP contribution is -2.21. The van der Waals surface area contributed by atoms with E-state index >= 15 is 0 Å². The highest BCUT2D eigenvalue weighted by Gasteiger charge is 2.12. The largest absolute Gasteiger partial charge is 0.494 e. The molecular weight excluding hydrogens is 372 g/mol. The van der Waals surface area contributed by atoms with Gasteiger partial charge in [0.2, 0.25) is 5.91 Å². The van der Waals surface area contributed by atoms with Gasteiger partial charge in [0.1, 0.15) is 5.75 Å². The molecule has 2 aromatic carbocycles.